The lowest BCUT2D eigenvalue weighted by Crippen LogP contribution is -1.90. The monoisotopic (exact) mass is 298 g/mol. The topological polar surface area (TPSA) is 18.5 Å². The zero-order chi connectivity index (χ0) is 14.7. The Balaban J connectivity index is 1.98. The Hall–Kier alpha value is -2.19. The first-order chi connectivity index (χ1) is 10.3. The number of para-hydroxylation sites is 2. The van der Waals surface area contributed by atoms with E-state index >= 15 is 0 Å². The minimum Gasteiger partial charge on any atom is -0.493 e. The van der Waals surface area contributed by atoms with Crippen LogP contribution in [0.4, 0.5) is 0 Å². The summed E-state index contributed by atoms with van der Waals surface area (Å²) in [6.45, 7) is 0. The van der Waals surface area contributed by atoms with Crippen LogP contribution in [0.2, 0.25) is 0 Å². The number of methoxy groups -OCH3 is 1. The molecular weight excluding hydrogens is 284 g/mol. The Morgan fingerprint density at radius 1 is 0.905 bits per heavy atom. The number of ether oxygens (including phenoxy) is 2. The van der Waals surface area contributed by atoms with Crippen LogP contribution >= 0.6 is 11.6 Å². The van der Waals surface area contributed by atoms with Gasteiger partial charge in [0, 0.05) is 5.88 Å². The van der Waals surface area contributed by atoms with Crippen LogP contribution in [0.5, 0.6) is 17.2 Å². The molecule has 106 valence electrons. The molecule has 0 spiro atoms. The summed E-state index contributed by atoms with van der Waals surface area (Å²) in [6, 6.07) is 19.7. The average molecular weight is 299 g/mol. The lowest BCUT2D eigenvalue weighted by Gasteiger charge is -2.11. The molecule has 0 atom stereocenters. The van der Waals surface area contributed by atoms with Crippen molar-refractivity contribution < 1.29 is 9.47 Å². The van der Waals surface area contributed by atoms with Crippen LogP contribution in [-0.4, -0.2) is 7.11 Å². The number of halogens is 1. The first-order valence-electron chi connectivity index (χ1n) is 6.70. The lowest BCUT2D eigenvalue weighted by atomic mass is 10.1. The van der Waals surface area contributed by atoms with Gasteiger partial charge in [-0.05, 0) is 40.6 Å². The summed E-state index contributed by atoms with van der Waals surface area (Å²) in [4.78, 5) is 0. The van der Waals surface area contributed by atoms with E-state index in [0.29, 0.717) is 17.4 Å². The van der Waals surface area contributed by atoms with E-state index in [0.717, 1.165) is 22.1 Å². The highest BCUT2D eigenvalue weighted by molar-refractivity contribution is 6.18. The molecule has 0 N–H and O–H groups in total. The maximum Gasteiger partial charge on any atom is 0.169 e. The number of alkyl halides is 1. The molecule has 0 fully saturated rings. The molecule has 0 aliphatic heterocycles. The molecular formula is C18H15ClO2. The standard InChI is InChI=1S/C18H15ClO2/c1-20-17-7-2-3-8-18(17)21-15-9-10-16-13(11-15)5-4-6-14(16)12-19/h2-11H,12H2,1H3. The predicted octanol–water partition coefficient (Wildman–Crippen LogP) is 5.38. The van der Waals surface area contributed by atoms with Crippen LogP contribution in [0.15, 0.2) is 60.7 Å². The molecule has 0 unspecified atom stereocenters. The van der Waals surface area contributed by atoms with Crippen molar-refractivity contribution in [2.75, 3.05) is 7.11 Å². The van der Waals surface area contributed by atoms with E-state index in [1.807, 2.05) is 54.6 Å². The highest BCUT2D eigenvalue weighted by Gasteiger charge is 2.06. The summed E-state index contributed by atoms with van der Waals surface area (Å²) in [6.07, 6.45) is 0. The zero-order valence-electron chi connectivity index (χ0n) is 11.7. The van der Waals surface area contributed by atoms with Crippen LogP contribution in [0.3, 0.4) is 0 Å². The zero-order valence-corrected chi connectivity index (χ0v) is 12.4. The molecule has 0 amide bonds. The Morgan fingerprint density at radius 2 is 1.71 bits per heavy atom. The summed E-state index contributed by atoms with van der Waals surface area (Å²) in [5.41, 5.74) is 1.12. The van der Waals surface area contributed by atoms with Crippen molar-refractivity contribution >= 4 is 22.4 Å². The summed E-state index contributed by atoms with van der Waals surface area (Å²) in [7, 11) is 1.63. The second-order valence-corrected chi connectivity index (χ2v) is 4.95. The normalized spacial score (nSPS) is 10.6. The fourth-order valence-corrected chi connectivity index (χ4v) is 2.57. The van der Waals surface area contributed by atoms with Gasteiger partial charge in [-0.1, -0.05) is 36.4 Å². The number of rotatable bonds is 4. The van der Waals surface area contributed by atoms with Gasteiger partial charge in [0.2, 0.25) is 0 Å². The summed E-state index contributed by atoms with van der Waals surface area (Å²) in [5, 5.41) is 2.26. The van der Waals surface area contributed by atoms with Gasteiger partial charge in [-0.25, -0.2) is 0 Å². The Labute approximate surface area is 128 Å². The second-order valence-electron chi connectivity index (χ2n) is 4.69. The van der Waals surface area contributed by atoms with E-state index in [-0.39, 0.29) is 0 Å². The first kappa shape index (κ1) is 13.8. The van der Waals surface area contributed by atoms with Gasteiger partial charge in [0.15, 0.2) is 11.5 Å². The van der Waals surface area contributed by atoms with Crippen molar-refractivity contribution in [3.63, 3.8) is 0 Å². The smallest absolute Gasteiger partial charge is 0.169 e. The van der Waals surface area contributed by atoms with Gasteiger partial charge in [0.1, 0.15) is 5.75 Å². The van der Waals surface area contributed by atoms with E-state index in [2.05, 4.69) is 6.07 Å². The summed E-state index contributed by atoms with van der Waals surface area (Å²) < 4.78 is 11.2. The molecule has 2 nitrogen and oxygen atoms in total. The third-order valence-electron chi connectivity index (χ3n) is 3.38. The van der Waals surface area contributed by atoms with Crippen LogP contribution in [-0.2, 0) is 5.88 Å². The van der Waals surface area contributed by atoms with Crippen LogP contribution in [0.25, 0.3) is 10.8 Å². The number of benzene rings is 3. The molecule has 21 heavy (non-hydrogen) atoms. The molecule has 3 aromatic rings. The molecule has 0 saturated heterocycles. The number of fused-ring (bicyclic) bond motifs is 1. The Morgan fingerprint density at radius 3 is 2.48 bits per heavy atom. The predicted molar refractivity (Wildman–Crippen MR) is 86.6 cm³/mol. The molecule has 3 rings (SSSR count). The van der Waals surface area contributed by atoms with Gasteiger partial charge in [-0.2, -0.15) is 0 Å². The van der Waals surface area contributed by atoms with Crippen molar-refractivity contribution in [1.82, 2.24) is 0 Å². The molecule has 0 aliphatic rings. The quantitative estimate of drug-likeness (QED) is 0.602. The molecule has 0 aromatic heterocycles. The van der Waals surface area contributed by atoms with E-state index in [4.69, 9.17) is 21.1 Å². The third kappa shape index (κ3) is 2.81. The summed E-state index contributed by atoms with van der Waals surface area (Å²) in [5.74, 6) is 2.70. The molecule has 0 saturated carbocycles. The van der Waals surface area contributed by atoms with E-state index in [9.17, 15) is 0 Å². The van der Waals surface area contributed by atoms with Crippen LogP contribution in [0.1, 0.15) is 5.56 Å². The van der Waals surface area contributed by atoms with E-state index in [1.54, 1.807) is 7.11 Å². The van der Waals surface area contributed by atoms with Crippen molar-refractivity contribution in [1.29, 1.82) is 0 Å². The highest BCUT2D eigenvalue weighted by atomic mass is 35.5. The largest absolute Gasteiger partial charge is 0.493 e. The van der Waals surface area contributed by atoms with Crippen molar-refractivity contribution in [2.24, 2.45) is 0 Å². The molecule has 3 heteroatoms. The molecule has 3 aromatic carbocycles. The van der Waals surface area contributed by atoms with Gasteiger partial charge in [0.05, 0.1) is 7.11 Å². The van der Waals surface area contributed by atoms with Gasteiger partial charge in [-0.3, -0.25) is 0 Å². The SMILES string of the molecule is COc1ccccc1Oc1ccc2c(CCl)cccc2c1. The first-order valence-corrected chi connectivity index (χ1v) is 7.24. The number of hydrogen-bond acceptors (Lipinski definition) is 2. The van der Waals surface area contributed by atoms with E-state index in [1.165, 1.54) is 0 Å². The van der Waals surface area contributed by atoms with E-state index < -0.39 is 0 Å². The molecule has 0 heterocycles. The molecule has 0 radical (unpaired) electrons. The van der Waals surface area contributed by atoms with Crippen molar-refractivity contribution in [2.45, 2.75) is 5.88 Å². The lowest BCUT2D eigenvalue weighted by molar-refractivity contribution is 0.379. The fraction of sp³-hybridized carbons (Fsp3) is 0.111. The summed E-state index contributed by atoms with van der Waals surface area (Å²) >= 11 is 5.97. The van der Waals surface area contributed by atoms with Gasteiger partial charge >= 0.3 is 0 Å². The number of hydrogen-bond donors (Lipinski definition) is 0. The maximum atomic E-state index is 5.97. The van der Waals surface area contributed by atoms with Crippen LogP contribution in [0, 0.1) is 0 Å². The van der Waals surface area contributed by atoms with Crippen LogP contribution < -0.4 is 9.47 Å². The molecule has 0 bridgehead atoms. The minimum atomic E-state index is 0.504. The minimum absolute atomic E-state index is 0.504. The Kier molecular flexibility index (Phi) is 3.98. The van der Waals surface area contributed by atoms with Gasteiger partial charge < -0.3 is 9.47 Å². The molecule has 0 aliphatic carbocycles. The average Bonchev–Trinajstić information content (AvgIpc) is 2.54. The third-order valence-corrected chi connectivity index (χ3v) is 3.67. The fourth-order valence-electron chi connectivity index (χ4n) is 2.34. The van der Waals surface area contributed by atoms with Crippen molar-refractivity contribution in [3.05, 3.63) is 66.2 Å². The maximum absolute atomic E-state index is 5.97. The van der Waals surface area contributed by atoms with Crippen molar-refractivity contribution in [3.8, 4) is 17.2 Å². The van der Waals surface area contributed by atoms with Gasteiger partial charge in [-0.15, -0.1) is 11.6 Å². The second kappa shape index (κ2) is 6.06. The van der Waals surface area contributed by atoms with Gasteiger partial charge in [0.25, 0.3) is 0 Å². The highest BCUT2D eigenvalue weighted by Crippen LogP contribution is 2.33. The Bertz CT molecular complexity index is 768.